The van der Waals surface area contributed by atoms with E-state index >= 15 is 0 Å². The van der Waals surface area contributed by atoms with Gasteiger partial charge < -0.3 is 15.4 Å². The summed E-state index contributed by atoms with van der Waals surface area (Å²) in [5, 5.41) is 7.13. The van der Waals surface area contributed by atoms with E-state index in [-0.39, 0.29) is 6.04 Å². The van der Waals surface area contributed by atoms with Crippen molar-refractivity contribution < 1.29 is 4.74 Å². The van der Waals surface area contributed by atoms with E-state index in [1.807, 2.05) is 6.07 Å². The van der Waals surface area contributed by atoms with Crippen LogP contribution in [0.25, 0.3) is 0 Å². The summed E-state index contributed by atoms with van der Waals surface area (Å²) in [6.07, 6.45) is 2.65. The van der Waals surface area contributed by atoms with Crippen LogP contribution >= 0.6 is 12.2 Å². The van der Waals surface area contributed by atoms with Crippen LogP contribution in [0.4, 0.5) is 5.69 Å². The highest BCUT2D eigenvalue weighted by molar-refractivity contribution is 7.80. The van der Waals surface area contributed by atoms with Gasteiger partial charge in [-0.15, -0.1) is 0 Å². The quantitative estimate of drug-likeness (QED) is 0.807. The maximum atomic E-state index is 5.43. The van der Waals surface area contributed by atoms with Gasteiger partial charge in [-0.3, -0.25) is 0 Å². The average molecular weight is 329 g/mol. The maximum absolute atomic E-state index is 5.43. The number of methoxy groups -OCH3 is 1. The fourth-order valence-corrected chi connectivity index (χ4v) is 2.78. The first-order valence-corrected chi connectivity index (χ1v) is 8.09. The zero-order chi connectivity index (χ0) is 16.8. The molecule has 0 fully saturated rings. The monoisotopic (exact) mass is 329 g/mol. The second-order valence-electron chi connectivity index (χ2n) is 5.51. The van der Waals surface area contributed by atoms with Crippen LogP contribution < -0.4 is 15.4 Å². The maximum Gasteiger partial charge on any atom is 0.213 e. The Balaban J connectivity index is 2.04. The molecule has 2 aromatic rings. The summed E-state index contributed by atoms with van der Waals surface area (Å²) < 4.78 is 5.05. The highest BCUT2D eigenvalue weighted by atomic mass is 32.1. The molecule has 1 aromatic heterocycles. The summed E-state index contributed by atoms with van der Waals surface area (Å²) in [6, 6.07) is 10.4. The van der Waals surface area contributed by atoms with E-state index in [0.717, 1.165) is 12.1 Å². The highest BCUT2D eigenvalue weighted by Gasteiger charge is 2.13. The van der Waals surface area contributed by atoms with Gasteiger partial charge in [-0.1, -0.05) is 30.7 Å². The first-order chi connectivity index (χ1) is 11.0. The molecule has 23 heavy (non-hydrogen) atoms. The molecule has 0 spiro atoms. The number of nitrogens with one attached hydrogen (secondary N) is 2. The molecule has 0 aliphatic heterocycles. The van der Waals surface area contributed by atoms with Gasteiger partial charge in [0.1, 0.15) is 0 Å². The predicted molar refractivity (Wildman–Crippen MR) is 99.1 cm³/mol. The van der Waals surface area contributed by atoms with Crippen molar-refractivity contribution in [2.45, 2.75) is 33.2 Å². The smallest absolute Gasteiger partial charge is 0.213 e. The lowest BCUT2D eigenvalue weighted by Gasteiger charge is -2.22. The van der Waals surface area contributed by atoms with Crippen molar-refractivity contribution >= 4 is 23.0 Å². The molecule has 0 aliphatic carbocycles. The minimum atomic E-state index is 0.182. The van der Waals surface area contributed by atoms with Gasteiger partial charge in [-0.2, -0.15) is 0 Å². The summed E-state index contributed by atoms with van der Waals surface area (Å²) in [7, 11) is 1.59. The molecule has 4 nitrogen and oxygen atoms in total. The molecular weight excluding hydrogens is 306 g/mol. The van der Waals surface area contributed by atoms with Crippen molar-refractivity contribution in [3.05, 3.63) is 53.2 Å². The molecule has 0 aliphatic rings. The Morgan fingerprint density at radius 1 is 1.26 bits per heavy atom. The van der Waals surface area contributed by atoms with Gasteiger partial charge in [-0.05, 0) is 49.7 Å². The van der Waals surface area contributed by atoms with Crippen molar-refractivity contribution in [3.8, 4) is 5.88 Å². The van der Waals surface area contributed by atoms with Crippen LogP contribution in [0.2, 0.25) is 0 Å². The van der Waals surface area contributed by atoms with Crippen molar-refractivity contribution in [3.63, 3.8) is 0 Å². The molecule has 1 aromatic carbocycles. The van der Waals surface area contributed by atoms with Crippen LogP contribution in [-0.4, -0.2) is 17.2 Å². The number of benzene rings is 1. The second kappa shape index (κ2) is 7.92. The zero-order valence-electron chi connectivity index (χ0n) is 14.0. The Kier molecular flexibility index (Phi) is 5.93. The topological polar surface area (TPSA) is 46.2 Å². The predicted octanol–water partition coefficient (Wildman–Crippen LogP) is 4.14. The molecule has 5 heteroatoms. The molecule has 0 saturated carbocycles. The first kappa shape index (κ1) is 17.2. The van der Waals surface area contributed by atoms with Crippen molar-refractivity contribution in [1.82, 2.24) is 10.3 Å². The Hall–Kier alpha value is -2.14. The van der Waals surface area contributed by atoms with Crippen LogP contribution in [0.5, 0.6) is 5.88 Å². The van der Waals surface area contributed by atoms with Crippen LogP contribution in [0.15, 0.2) is 36.5 Å². The molecular formula is C18H23N3OS. The van der Waals surface area contributed by atoms with Gasteiger partial charge in [-0.25, -0.2) is 4.98 Å². The minimum absolute atomic E-state index is 0.182. The van der Waals surface area contributed by atoms with Crippen molar-refractivity contribution in [2.24, 2.45) is 0 Å². The Labute approximate surface area is 143 Å². The van der Waals surface area contributed by atoms with Gasteiger partial charge in [0.15, 0.2) is 5.11 Å². The summed E-state index contributed by atoms with van der Waals surface area (Å²) in [4.78, 5) is 4.16. The number of hydrogen-bond acceptors (Lipinski definition) is 3. The molecule has 2 N–H and O–H groups in total. The van der Waals surface area contributed by atoms with Crippen molar-refractivity contribution in [2.75, 3.05) is 12.4 Å². The third-order valence-electron chi connectivity index (χ3n) is 3.72. The molecule has 0 radical (unpaired) electrons. The van der Waals surface area contributed by atoms with Crippen LogP contribution in [0.1, 0.15) is 36.1 Å². The fraction of sp³-hybridized carbons (Fsp3) is 0.333. The summed E-state index contributed by atoms with van der Waals surface area (Å²) in [5.41, 5.74) is 4.65. The van der Waals surface area contributed by atoms with E-state index in [2.05, 4.69) is 54.6 Å². The standard InChI is InChI=1S/C18H23N3OS/c1-5-16(15-8-6-12(2)10-13(15)3)21-18(23)20-14-7-9-17(22-4)19-11-14/h6-11,16H,5H2,1-4H3,(H2,20,21,23). The van der Waals surface area contributed by atoms with Crippen LogP contribution in [-0.2, 0) is 0 Å². The van der Waals surface area contributed by atoms with Crippen LogP contribution in [0.3, 0.4) is 0 Å². The lowest BCUT2D eigenvalue weighted by atomic mass is 9.98. The SMILES string of the molecule is CCC(NC(=S)Nc1ccc(OC)nc1)c1ccc(C)cc1C. The number of ether oxygens (including phenoxy) is 1. The second-order valence-corrected chi connectivity index (χ2v) is 5.92. The van der Waals surface area contributed by atoms with Crippen molar-refractivity contribution in [1.29, 1.82) is 0 Å². The Morgan fingerprint density at radius 3 is 2.61 bits per heavy atom. The molecule has 1 unspecified atom stereocenters. The number of aromatic nitrogens is 1. The van der Waals surface area contributed by atoms with Gasteiger partial charge in [0, 0.05) is 6.07 Å². The molecule has 0 bridgehead atoms. The molecule has 2 rings (SSSR count). The zero-order valence-corrected chi connectivity index (χ0v) is 14.8. The third-order valence-corrected chi connectivity index (χ3v) is 3.94. The van der Waals surface area contributed by atoms with E-state index in [0.29, 0.717) is 11.0 Å². The van der Waals surface area contributed by atoms with E-state index < -0.39 is 0 Å². The number of thiocarbonyl (C=S) groups is 1. The fourth-order valence-electron chi connectivity index (χ4n) is 2.52. The van der Waals surface area contributed by atoms with E-state index in [1.165, 1.54) is 16.7 Å². The minimum Gasteiger partial charge on any atom is -0.481 e. The van der Waals surface area contributed by atoms with E-state index in [1.54, 1.807) is 19.4 Å². The lowest BCUT2D eigenvalue weighted by Crippen LogP contribution is -2.32. The molecule has 122 valence electrons. The summed E-state index contributed by atoms with van der Waals surface area (Å²) >= 11 is 5.43. The summed E-state index contributed by atoms with van der Waals surface area (Å²) in [5.74, 6) is 0.580. The number of aryl methyl sites for hydroxylation is 2. The number of nitrogens with zero attached hydrogens (tertiary/aromatic N) is 1. The molecule has 0 saturated heterocycles. The number of anilines is 1. The molecule has 0 amide bonds. The molecule has 1 heterocycles. The lowest BCUT2D eigenvalue weighted by molar-refractivity contribution is 0.398. The Bertz CT molecular complexity index is 670. The highest BCUT2D eigenvalue weighted by Crippen LogP contribution is 2.22. The van der Waals surface area contributed by atoms with Crippen LogP contribution in [0, 0.1) is 13.8 Å². The van der Waals surface area contributed by atoms with Gasteiger partial charge in [0.05, 0.1) is 25.0 Å². The largest absolute Gasteiger partial charge is 0.481 e. The summed E-state index contributed by atoms with van der Waals surface area (Å²) in [6.45, 7) is 6.39. The van der Waals surface area contributed by atoms with E-state index in [9.17, 15) is 0 Å². The number of pyridine rings is 1. The van der Waals surface area contributed by atoms with E-state index in [4.69, 9.17) is 17.0 Å². The average Bonchev–Trinajstić information content (AvgIpc) is 2.54. The number of rotatable bonds is 5. The van der Waals surface area contributed by atoms with Gasteiger partial charge in [0.25, 0.3) is 0 Å². The first-order valence-electron chi connectivity index (χ1n) is 7.68. The van der Waals surface area contributed by atoms with Gasteiger partial charge >= 0.3 is 0 Å². The number of hydrogen-bond donors (Lipinski definition) is 2. The van der Waals surface area contributed by atoms with Gasteiger partial charge in [0.2, 0.25) is 5.88 Å². The normalized spacial score (nSPS) is 11.7. The Morgan fingerprint density at radius 2 is 2.04 bits per heavy atom. The molecule has 1 atom stereocenters. The third kappa shape index (κ3) is 4.66.